The SMILES string of the molecule is CCC(CSC)NC1CCCOCC1. The normalized spacial score (nSPS) is 25.7. The van der Waals surface area contributed by atoms with E-state index in [-0.39, 0.29) is 0 Å². The second kappa shape index (κ2) is 7.55. The Bertz CT molecular complexity index is 135. The third-order valence-electron chi connectivity index (χ3n) is 2.78. The molecule has 2 atom stereocenters. The summed E-state index contributed by atoms with van der Waals surface area (Å²) < 4.78 is 5.45. The van der Waals surface area contributed by atoms with Crippen LogP contribution in [0.5, 0.6) is 0 Å². The van der Waals surface area contributed by atoms with Crippen LogP contribution in [0.2, 0.25) is 0 Å². The molecule has 1 N–H and O–H groups in total. The van der Waals surface area contributed by atoms with Gasteiger partial charge in [0, 0.05) is 31.1 Å². The molecule has 0 aliphatic carbocycles. The van der Waals surface area contributed by atoms with Crippen molar-refractivity contribution in [3.63, 3.8) is 0 Å². The average molecular weight is 217 g/mol. The lowest BCUT2D eigenvalue weighted by Gasteiger charge is -2.23. The Hall–Kier alpha value is 0.270. The van der Waals surface area contributed by atoms with Crippen molar-refractivity contribution in [3.8, 4) is 0 Å². The Balaban J connectivity index is 2.24. The van der Waals surface area contributed by atoms with Crippen LogP contribution >= 0.6 is 11.8 Å². The summed E-state index contributed by atoms with van der Waals surface area (Å²) in [5.41, 5.74) is 0. The Kier molecular flexibility index (Phi) is 6.65. The van der Waals surface area contributed by atoms with Crippen molar-refractivity contribution in [2.75, 3.05) is 25.2 Å². The van der Waals surface area contributed by atoms with Crippen LogP contribution in [0.4, 0.5) is 0 Å². The van der Waals surface area contributed by atoms with E-state index in [1.807, 2.05) is 11.8 Å². The molecule has 1 heterocycles. The zero-order valence-electron chi connectivity index (χ0n) is 9.42. The molecule has 0 amide bonds. The highest BCUT2D eigenvalue weighted by atomic mass is 32.2. The molecule has 1 fully saturated rings. The van der Waals surface area contributed by atoms with E-state index in [0.717, 1.165) is 13.2 Å². The molecule has 14 heavy (non-hydrogen) atoms. The van der Waals surface area contributed by atoms with Crippen molar-refractivity contribution >= 4 is 11.8 Å². The Morgan fingerprint density at radius 1 is 1.43 bits per heavy atom. The van der Waals surface area contributed by atoms with E-state index in [1.54, 1.807) is 0 Å². The van der Waals surface area contributed by atoms with Crippen molar-refractivity contribution in [2.24, 2.45) is 0 Å². The van der Waals surface area contributed by atoms with Crippen molar-refractivity contribution in [2.45, 2.75) is 44.7 Å². The molecule has 2 unspecified atom stereocenters. The largest absolute Gasteiger partial charge is 0.381 e. The zero-order valence-corrected chi connectivity index (χ0v) is 10.2. The molecule has 0 aromatic heterocycles. The predicted molar refractivity (Wildman–Crippen MR) is 64.1 cm³/mol. The van der Waals surface area contributed by atoms with Crippen LogP contribution in [-0.2, 0) is 4.74 Å². The molecule has 1 rings (SSSR count). The molecule has 0 aromatic carbocycles. The molecule has 0 saturated carbocycles. The maximum Gasteiger partial charge on any atom is 0.0480 e. The zero-order chi connectivity index (χ0) is 10.2. The maximum atomic E-state index is 5.45. The fraction of sp³-hybridized carbons (Fsp3) is 1.00. The van der Waals surface area contributed by atoms with E-state index >= 15 is 0 Å². The van der Waals surface area contributed by atoms with Crippen LogP contribution in [0.1, 0.15) is 32.6 Å². The van der Waals surface area contributed by atoms with Gasteiger partial charge in [0.2, 0.25) is 0 Å². The maximum absolute atomic E-state index is 5.45. The number of hydrogen-bond acceptors (Lipinski definition) is 3. The van der Waals surface area contributed by atoms with Gasteiger partial charge in [0.05, 0.1) is 0 Å². The summed E-state index contributed by atoms with van der Waals surface area (Å²) in [7, 11) is 0. The van der Waals surface area contributed by atoms with E-state index in [0.29, 0.717) is 12.1 Å². The molecule has 1 aliphatic rings. The number of hydrogen-bond donors (Lipinski definition) is 1. The van der Waals surface area contributed by atoms with E-state index < -0.39 is 0 Å². The monoisotopic (exact) mass is 217 g/mol. The van der Waals surface area contributed by atoms with Gasteiger partial charge in [-0.3, -0.25) is 0 Å². The van der Waals surface area contributed by atoms with Crippen molar-refractivity contribution in [1.29, 1.82) is 0 Å². The van der Waals surface area contributed by atoms with Gasteiger partial charge in [-0.2, -0.15) is 11.8 Å². The second-order valence-corrected chi connectivity index (χ2v) is 4.88. The van der Waals surface area contributed by atoms with E-state index in [9.17, 15) is 0 Å². The molecule has 1 aliphatic heterocycles. The lowest BCUT2D eigenvalue weighted by atomic mass is 10.1. The third-order valence-corrected chi connectivity index (χ3v) is 3.52. The van der Waals surface area contributed by atoms with Crippen LogP contribution in [0.3, 0.4) is 0 Å². The third kappa shape index (κ3) is 4.67. The number of ether oxygens (including phenoxy) is 1. The highest BCUT2D eigenvalue weighted by molar-refractivity contribution is 7.98. The van der Waals surface area contributed by atoms with Gasteiger partial charge in [0.15, 0.2) is 0 Å². The van der Waals surface area contributed by atoms with E-state index in [4.69, 9.17) is 4.74 Å². The lowest BCUT2D eigenvalue weighted by Crippen LogP contribution is -2.39. The fourth-order valence-electron chi connectivity index (χ4n) is 1.89. The van der Waals surface area contributed by atoms with Crippen LogP contribution < -0.4 is 5.32 Å². The first-order chi connectivity index (χ1) is 6.86. The van der Waals surface area contributed by atoms with E-state index in [1.165, 1.54) is 31.4 Å². The van der Waals surface area contributed by atoms with Crippen molar-refractivity contribution < 1.29 is 4.74 Å². The van der Waals surface area contributed by atoms with Gasteiger partial charge < -0.3 is 10.1 Å². The standard InChI is InChI=1S/C11H23NOS/c1-3-10(9-14-2)12-11-5-4-7-13-8-6-11/h10-12H,3-9H2,1-2H3. The summed E-state index contributed by atoms with van der Waals surface area (Å²) in [5.74, 6) is 1.23. The minimum absolute atomic E-state index is 0.688. The molecule has 0 radical (unpaired) electrons. The molecule has 84 valence electrons. The quantitative estimate of drug-likeness (QED) is 0.763. The molecule has 2 nitrogen and oxygen atoms in total. The summed E-state index contributed by atoms with van der Waals surface area (Å²) in [6.45, 7) is 4.16. The smallest absolute Gasteiger partial charge is 0.0480 e. The highest BCUT2D eigenvalue weighted by Gasteiger charge is 2.15. The Labute approximate surface area is 92.2 Å². The first-order valence-corrected chi connectivity index (χ1v) is 7.09. The molecular formula is C11H23NOS. The molecule has 1 saturated heterocycles. The van der Waals surface area contributed by atoms with Crippen LogP contribution in [-0.4, -0.2) is 37.3 Å². The Morgan fingerprint density at radius 2 is 2.29 bits per heavy atom. The number of rotatable bonds is 5. The van der Waals surface area contributed by atoms with Crippen LogP contribution in [0.15, 0.2) is 0 Å². The van der Waals surface area contributed by atoms with Gasteiger partial charge >= 0.3 is 0 Å². The highest BCUT2D eigenvalue weighted by Crippen LogP contribution is 2.11. The van der Waals surface area contributed by atoms with Gasteiger partial charge in [-0.25, -0.2) is 0 Å². The first-order valence-electron chi connectivity index (χ1n) is 5.69. The average Bonchev–Trinajstić information content (AvgIpc) is 2.45. The lowest BCUT2D eigenvalue weighted by molar-refractivity contribution is 0.142. The molecular weight excluding hydrogens is 194 g/mol. The van der Waals surface area contributed by atoms with Gasteiger partial charge in [0.25, 0.3) is 0 Å². The Morgan fingerprint density at radius 3 is 3.00 bits per heavy atom. The van der Waals surface area contributed by atoms with E-state index in [2.05, 4.69) is 18.5 Å². The van der Waals surface area contributed by atoms with Gasteiger partial charge in [-0.15, -0.1) is 0 Å². The van der Waals surface area contributed by atoms with Crippen LogP contribution in [0.25, 0.3) is 0 Å². The molecule has 0 bridgehead atoms. The number of thioether (sulfide) groups is 1. The summed E-state index contributed by atoms with van der Waals surface area (Å²) in [5, 5.41) is 3.75. The first kappa shape index (κ1) is 12.3. The summed E-state index contributed by atoms with van der Waals surface area (Å²) >= 11 is 1.93. The minimum atomic E-state index is 0.688. The molecule has 0 spiro atoms. The fourth-order valence-corrected chi connectivity index (χ4v) is 2.62. The van der Waals surface area contributed by atoms with Crippen LogP contribution in [0, 0.1) is 0 Å². The van der Waals surface area contributed by atoms with Gasteiger partial charge in [-0.1, -0.05) is 6.92 Å². The molecule has 3 heteroatoms. The topological polar surface area (TPSA) is 21.3 Å². The van der Waals surface area contributed by atoms with Gasteiger partial charge in [-0.05, 0) is 31.9 Å². The van der Waals surface area contributed by atoms with Gasteiger partial charge in [0.1, 0.15) is 0 Å². The van der Waals surface area contributed by atoms with Crippen molar-refractivity contribution in [1.82, 2.24) is 5.32 Å². The number of nitrogens with one attached hydrogen (secondary N) is 1. The summed E-state index contributed by atoms with van der Waals surface area (Å²) in [6, 6.07) is 1.38. The predicted octanol–water partition coefficient (Wildman–Crippen LogP) is 2.29. The van der Waals surface area contributed by atoms with Crippen molar-refractivity contribution in [3.05, 3.63) is 0 Å². The summed E-state index contributed by atoms with van der Waals surface area (Å²) in [6.07, 6.45) is 7.10. The molecule has 0 aromatic rings. The summed E-state index contributed by atoms with van der Waals surface area (Å²) in [4.78, 5) is 0. The minimum Gasteiger partial charge on any atom is -0.381 e. The second-order valence-electron chi connectivity index (χ2n) is 3.97.